The highest BCUT2D eigenvalue weighted by Crippen LogP contribution is 2.37. The van der Waals surface area contributed by atoms with E-state index >= 15 is 4.39 Å². The number of hydrogen-bond acceptors (Lipinski definition) is 2. The third-order valence-electron chi connectivity index (χ3n) is 5.21. The maximum atomic E-state index is 15.1. The number of fused-ring (bicyclic) bond motifs is 2. The van der Waals surface area contributed by atoms with Crippen LogP contribution in [0, 0.1) is 11.6 Å². The van der Waals surface area contributed by atoms with Gasteiger partial charge < -0.3 is 9.30 Å². The van der Waals surface area contributed by atoms with Crippen molar-refractivity contribution in [2.45, 2.75) is 18.8 Å². The van der Waals surface area contributed by atoms with E-state index in [0.29, 0.717) is 24.1 Å². The molecule has 1 N–H and O–H groups in total. The first kappa shape index (κ1) is 15.5. The highest BCUT2D eigenvalue weighted by Gasteiger charge is 2.24. The lowest BCUT2D eigenvalue weighted by atomic mass is 9.96. The van der Waals surface area contributed by atoms with Crippen LogP contribution in [0.2, 0.25) is 0 Å². The molecule has 132 valence electrons. The summed E-state index contributed by atoms with van der Waals surface area (Å²) in [6.07, 6.45) is 3.39. The molecular weight excluding hydrogens is 336 g/mol. The van der Waals surface area contributed by atoms with Gasteiger partial charge in [-0.15, -0.1) is 0 Å². The predicted octanol–water partition coefficient (Wildman–Crippen LogP) is 4.68. The van der Waals surface area contributed by atoms with Gasteiger partial charge in [0, 0.05) is 41.3 Å². The average molecular weight is 353 g/mol. The molecule has 1 saturated heterocycles. The Kier molecular flexibility index (Phi) is 3.53. The van der Waals surface area contributed by atoms with E-state index in [2.05, 4.69) is 10.2 Å². The Morgan fingerprint density at radius 3 is 2.62 bits per heavy atom. The number of aromatic amines is 1. The number of halogens is 2. The first-order valence-corrected chi connectivity index (χ1v) is 8.73. The van der Waals surface area contributed by atoms with Crippen molar-refractivity contribution in [3.63, 3.8) is 0 Å². The monoisotopic (exact) mass is 353 g/mol. The van der Waals surface area contributed by atoms with Gasteiger partial charge in [0.05, 0.1) is 11.7 Å². The molecule has 26 heavy (non-hydrogen) atoms. The normalized spacial score (nSPS) is 15.9. The Morgan fingerprint density at radius 2 is 1.85 bits per heavy atom. The third kappa shape index (κ3) is 2.33. The van der Waals surface area contributed by atoms with E-state index in [1.54, 1.807) is 18.3 Å². The van der Waals surface area contributed by atoms with E-state index in [1.807, 2.05) is 16.7 Å². The molecule has 0 bridgehead atoms. The largest absolute Gasteiger partial charge is 0.381 e. The van der Waals surface area contributed by atoms with Gasteiger partial charge in [0.2, 0.25) is 0 Å². The smallest absolute Gasteiger partial charge is 0.158 e. The lowest BCUT2D eigenvalue weighted by Gasteiger charge is -2.24. The van der Waals surface area contributed by atoms with Crippen LogP contribution in [0.3, 0.4) is 0 Å². The van der Waals surface area contributed by atoms with Gasteiger partial charge >= 0.3 is 0 Å². The summed E-state index contributed by atoms with van der Waals surface area (Å²) in [6.45, 7) is 1.39. The van der Waals surface area contributed by atoms with Crippen LogP contribution < -0.4 is 0 Å². The number of hydrogen-bond donors (Lipinski definition) is 1. The lowest BCUT2D eigenvalue weighted by Crippen LogP contribution is -2.16. The second-order valence-electron chi connectivity index (χ2n) is 6.73. The van der Waals surface area contributed by atoms with Crippen molar-refractivity contribution in [3.05, 3.63) is 59.9 Å². The topological polar surface area (TPSA) is 42.8 Å². The quantitative estimate of drug-likeness (QED) is 0.569. The molecule has 0 amide bonds. The minimum Gasteiger partial charge on any atom is -0.381 e. The Morgan fingerprint density at radius 1 is 1.08 bits per heavy atom. The van der Waals surface area contributed by atoms with Crippen molar-refractivity contribution in [2.75, 3.05) is 13.2 Å². The fourth-order valence-corrected chi connectivity index (χ4v) is 3.90. The number of nitrogens with one attached hydrogen (secondary N) is 1. The minimum absolute atomic E-state index is 0.275. The van der Waals surface area contributed by atoms with E-state index in [1.165, 1.54) is 12.1 Å². The summed E-state index contributed by atoms with van der Waals surface area (Å²) in [5, 5.41) is 7.95. The lowest BCUT2D eigenvalue weighted by molar-refractivity contribution is 0.0842. The van der Waals surface area contributed by atoms with Crippen LogP contribution in [0.4, 0.5) is 8.78 Å². The van der Waals surface area contributed by atoms with E-state index in [-0.39, 0.29) is 17.6 Å². The van der Waals surface area contributed by atoms with Crippen LogP contribution >= 0.6 is 0 Å². The molecule has 1 fully saturated rings. The molecule has 4 aromatic rings. The zero-order chi connectivity index (χ0) is 17.7. The maximum Gasteiger partial charge on any atom is 0.158 e. The highest BCUT2D eigenvalue weighted by atomic mass is 19.1. The van der Waals surface area contributed by atoms with Gasteiger partial charge in [-0.05, 0) is 49.2 Å². The molecule has 0 atom stereocenters. The average Bonchev–Trinajstić information content (AvgIpc) is 3.29. The molecule has 3 heterocycles. The molecule has 6 heteroatoms. The van der Waals surface area contributed by atoms with Crippen molar-refractivity contribution in [1.29, 1.82) is 0 Å². The van der Waals surface area contributed by atoms with Crippen LogP contribution in [0.25, 0.3) is 27.5 Å². The molecule has 1 aliphatic rings. The Labute approximate surface area is 148 Å². The molecule has 2 aromatic carbocycles. The molecule has 4 nitrogen and oxygen atoms in total. The standard InChI is InChI=1S/C20H17F2N3O/c21-14-1-3-15(4-2-14)25-17(12-5-7-26-8-6-12)10-16-18(25)9-13-11-23-24-20(13)19(16)22/h1-4,9-12H,5-8H2,(H,23,24). The summed E-state index contributed by atoms with van der Waals surface area (Å²) in [5.74, 6) is -0.317. The van der Waals surface area contributed by atoms with E-state index in [0.717, 1.165) is 35.1 Å². The van der Waals surface area contributed by atoms with E-state index in [4.69, 9.17) is 4.74 Å². The van der Waals surface area contributed by atoms with Crippen molar-refractivity contribution in [2.24, 2.45) is 0 Å². The molecule has 0 saturated carbocycles. The molecule has 0 radical (unpaired) electrons. The van der Waals surface area contributed by atoms with Crippen LogP contribution in [-0.2, 0) is 4.74 Å². The molecule has 0 unspecified atom stereocenters. The van der Waals surface area contributed by atoms with Crippen molar-refractivity contribution >= 4 is 21.8 Å². The highest BCUT2D eigenvalue weighted by molar-refractivity contribution is 5.97. The van der Waals surface area contributed by atoms with E-state index < -0.39 is 0 Å². The van der Waals surface area contributed by atoms with Gasteiger partial charge in [-0.1, -0.05) is 0 Å². The summed E-state index contributed by atoms with van der Waals surface area (Å²) >= 11 is 0. The molecule has 5 rings (SSSR count). The number of nitrogens with zero attached hydrogens (tertiary/aromatic N) is 2. The van der Waals surface area contributed by atoms with Gasteiger partial charge in [-0.2, -0.15) is 5.10 Å². The number of H-pyrrole nitrogens is 1. The van der Waals surface area contributed by atoms with Crippen LogP contribution in [0.5, 0.6) is 0 Å². The SMILES string of the molecule is Fc1ccc(-n2c(C3CCOCC3)cc3c(F)c4[nH]ncc4cc32)cc1. The Hall–Kier alpha value is -2.73. The second kappa shape index (κ2) is 5.92. The van der Waals surface area contributed by atoms with Crippen LogP contribution in [0.15, 0.2) is 42.6 Å². The van der Waals surface area contributed by atoms with Gasteiger partial charge in [0.25, 0.3) is 0 Å². The summed E-state index contributed by atoms with van der Waals surface area (Å²) in [6, 6.07) is 10.2. The third-order valence-corrected chi connectivity index (χ3v) is 5.21. The van der Waals surface area contributed by atoms with Gasteiger partial charge in [0.15, 0.2) is 5.82 Å². The van der Waals surface area contributed by atoms with Crippen molar-refractivity contribution in [3.8, 4) is 5.69 Å². The van der Waals surface area contributed by atoms with Gasteiger partial charge in [-0.3, -0.25) is 5.10 Å². The van der Waals surface area contributed by atoms with Gasteiger partial charge in [-0.25, -0.2) is 8.78 Å². The Balaban J connectivity index is 1.82. The fourth-order valence-electron chi connectivity index (χ4n) is 3.90. The molecule has 0 aliphatic carbocycles. The Bertz CT molecular complexity index is 1090. The first-order valence-electron chi connectivity index (χ1n) is 8.73. The number of rotatable bonds is 2. The zero-order valence-electron chi connectivity index (χ0n) is 14.0. The first-order chi connectivity index (χ1) is 12.7. The minimum atomic E-state index is -0.302. The summed E-state index contributed by atoms with van der Waals surface area (Å²) in [5.41, 5.74) is 3.04. The molecule has 1 aliphatic heterocycles. The predicted molar refractivity (Wildman–Crippen MR) is 95.6 cm³/mol. The van der Waals surface area contributed by atoms with E-state index in [9.17, 15) is 4.39 Å². The number of benzene rings is 2. The summed E-state index contributed by atoms with van der Waals surface area (Å²) in [4.78, 5) is 0. The van der Waals surface area contributed by atoms with Crippen molar-refractivity contribution < 1.29 is 13.5 Å². The fraction of sp³-hybridized carbons (Fsp3) is 0.250. The van der Waals surface area contributed by atoms with Gasteiger partial charge in [0.1, 0.15) is 11.3 Å². The molecule has 2 aromatic heterocycles. The zero-order valence-corrected chi connectivity index (χ0v) is 14.0. The second-order valence-corrected chi connectivity index (χ2v) is 6.73. The summed E-state index contributed by atoms with van der Waals surface area (Å²) in [7, 11) is 0. The van der Waals surface area contributed by atoms with Crippen LogP contribution in [-0.4, -0.2) is 28.0 Å². The molecular formula is C20H17F2N3O. The number of aromatic nitrogens is 3. The number of ether oxygens (including phenoxy) is 1. The van der Waals surface area contributed by atoms with Crippen LogP contribution in [0.1, 0.15) is 24.5 Å². The molecule has 0 spiro atoms. The van der Waals surface area contributed by atoms with Crippen molar-refractivity contribution in [1.82, 2.24) is 14.8 Å². The maximum absolute atomic E-state index is 15.1. The summed E-state index contributed by atoms with van der Waals surface area (Å²) < 4.78 is 36.0.